The predicted molar refractivity (Wildman–Crippen MR) is 70.2 cm³/mol. The Morgan fingerprint density at radius 1 is 1.53 bits per heavy atom. The van der Waals surface area contributed by atoms with Gasteiger partial charge in [-0.2, -0.15) is 0 Å². The van der Waals surface area contributed by atoms with E-state index in [4.69, 9.17) is 0 Å². The Kier molecular flexibility index (Phi) is 5.89. The highest BCUT2D eigenvalue weighted by Crippen LogP contribution is 2.20. The highest BCUT2D eigenvalue weighted by molar-refractivity contribution is 5.98. The van der Waals surface area contributed by atoms with Crippen LogP contribution in [0.3, 0.4) is 0 Å². The van der Waals surface area contributed by atoms with E-state index in [1.54, 1.807) is 6.92 Å². The summed E-state index contributed by atoms with van der Waals surface area (Å²) in [6.45, 7) is 3.67. The van der Waals surface area contributed by atoms with E-state index in [0.717, 1.165) is 6.42 Å². The molecule has 106 valence electrons. The quantitative estimate of drug-likeness (QED) is 0.557. The number of ketones is 1. The zero-order valence-electron chi connectivity index (χ0n) is 11.4. The van der Waals surface area contributed by atoms with Crippen molar-refractivity contribution < 1.29 is 19.5 Å². The monoisotopic (exact) mass is 267 g/mol. The number of aliphatic hydroxyl groups is 1. The lowest BCUT2D eigenvalue weighted by Crippen LogP contribution is -2.42. The normalized spacial score (nSPS) is 22.1. The van der Waals surface area contributed by atoms with Gasteiger partial charge in [-0.1, -0.05) is 13.0 Å². The second-order valence-electron chi connectivity index (χ2n) is 4.96. The number of carbonyl (C=O) groups excluding carboxylic acids is 3. The lowest BCUT2D eigenvalue weighted by molar-refractivity contribution is -0.137. The van der Waals surface area contributed by atoms with Gasteiger partial charge in [0.25, 0.3) is 0 Å². The highest BCUT2D eigenvalue weighted by Gasteiger charge is 2.29. The third-order valence-electron chi connectivity index (χ3n) is 3.28. The third-order valence-corrected chi connectivity index (χ3v) is 3.28. The second kappa shape index (κ2) is 7.19. The number of rotatable bonds is 6. The Morgan fingerprint density at radius 3 is 2.79 bits per heavy atom. The number of amides is 2. The zero-order chi connectivity index (χ0) is 14.4. The summed E-state index contributed by atoms with van der Waals surface area (Å²) >= 11 is 0. The Bertz CT molecular complexity index is 400. The molecule has 0 saturated carbocycles. The molecule has 1 saturated heterocycles. The SMILES string of the molecule is CC/C=C(\C)C(=O)CC(O)CC1CCC(=O)NC1=O. The van der Waals surface area contributed by atoms with Crippen LogP contribution in [0, 0.1) is 5.92 Å². The summed E-state index contributed by atoms with van der Waals surface area (Å²) in [5.41, 5.74) is 0.643. The standard InChI is InChI=1S/C14H21NO4/c1-3-4-9(2)12(17)8-11(16)7-10-5-6-13(18)15-14(10)19/h4,10-11,16H,3,5-8H2,1-2H3,(H,15,18,19)/b9-4+. The van der Waals surface area contributed by atoms with E-state index >= 15 is 0 Å². The molecule has 1 heterocycles. The Hall–Kier alpha value is -1.49. The van der Waals surface area contributed by atoms with E-state index in [1.807, 2.05) is 13.0 Å². The van der Waals surface area contributed by atoms with Crippen LogP contribution in [-0.2, 0) is 14.4 Å². The van der Waals surface area contributed by atoms with E-state index in [1.165, 1.54) is 0 Å². The molecule has 2 amide bonds. The maximum absolute atomic E-state index is 11.7. The van der Waals surface area contributed by atoms with Crippen molar-refractivity contribution in [2.45, 2.75) is 52.1 Å². The molecule has 0 spiro atoms. The van der Waals surface area contributed by atoms with E-state index in [0.29, 0.717) is 18.4 Å². The molecule has 0 aromatic carbocycles. The number of aliphatic hydroxyl groups excluding tert-OH is 1. The maximum atomic E-state index is 11.7. The number of piperidine rings is 1. The first kappa shape index (κ1) is 15.6. The van der Waals surface area contributed by atoms with Gasteiger partial charge in [-0.25, -0.2) is 0 Å². The summed E-state index contributed by atoms with van der Waals surface area (Å²) in [7, 11) is 0. The number of Topliss-reactive ketones (excluding diaryl/α,β-unsaturated/α-hetero) is 1. The molecule has 2 atom stereocenters. The van der Waals surface area contributed by atoms with Crippen LogP contribution in [0.2, 0.25) is 0 Å². The smallest absolute Gasteiger partial charge is 0.229 e. The topological polar surface area (TPSA) is 83.5 Å². The van der Waals surface area contributed by atoms with Crippen LogP contribution in [-0.4, -0.2) is 28.8 Å². The van der Waals surface area contributed by atoms with Crippen molar-refractivity contribution >= 4 is 17.6 Å². The number of nitrogens with one attached hydrogen (secondary N) is 1. The van der Waals surface area contributed by atoms with Gasteiger partial charge in [0.05, 0.1) is 6.10 Å². The van der Waals surface area contributed by atoms with E-state index < -0.39 is 6.10 Å². The van der Waals surface area contributed by atoms with Gasteiger partial charge in [0.2, 0.25) is 11.8 Å². The summed E-state index contributed by atoms with van der Waals surface area (Å²) in [5.74, 6) is -1.09. The lowest BCUT2D eigenvalue weighted by Gasteiger charge is -2.22. The minimum Gasteiger partial charge on any atom is -0.393 e. The second-order valence-corrected chi connectivity index (χ2v) is 4.96. The van der Waals surface area contributed by atoms with Gasteiger partial charge in [-0.15, -0.1) is 0 Å². The molecule has 1 aliphatic heterocycles. The van der Waals surface area contributed by atoms with Crippen molar-refractivity contribution in [1.82, 2.24) is 5.32 Å². The highest BCUT2D eigenvalue weighted by atomic mass is 16.3. The molecule has 19 heavy (non-hydrogen) atoms. The molecule has 0 radical (unpaired) electrons. The number of hydrogen-bond donors (Lipinski definition) is 2. The first-order chi connectivity index (χ1) is 8.93. The van der Waals surface area contributed by atoms with Crippen molar-refractivity contribution in [3.63, 3.8) is 0 Å². The summed E-state index contributed by atoms with van der Waals surface area (Å²) in [5, 5.41) is 12.1. The molecule has 2 unspecified atom stereocenters. The van der Waals surface area contributed by atoms with Gasteiger partial charge in [-0.05, 0) is 31.8 Å². The summed E-state index contributed by atoms with van der Waals surface area (Å²) in [6, 6.07) is 0. The molecule has 0 aliphatic carbocycles. The fraction of sp³-hybridized carbons (Fsp3) is 0.643. The van der Waals surface area contributed by atoms with E-state index in [-0.39, 0.29) is 36.4 Å². The van der Waals surface area contributed by atoms with Crippen molar-refractivity contribution in [1.29, 1.82) is 0 Å². The summed E-state index contributed by atoms with van der Waals surface area (Å²) in [4.78, 5) is 34.2. The zero-order valence-corrected chi connectivity index (χ0v) is 11.4. The first-order valence-corrected chi connectivity index (χ1v) is 6.65. The molecular formula is C14H21NO4. The van der Waals surface area contributed by atoms with Gasteiger partial charge in [0, 0.05) is 18.8 Å². The lowest BCUT2D eigenvalue weighted by atomic mass is 9.90. The van der Waals surface area contributed by atoms with Crippen molar-refractivity contribution in [3.8, 4) is 0 Å². The summed E-state index contributed by atoms with van der Waals surface area (Å²) in [6.07, 6.45) is 2.76. The maximum Gasteiger partial charge on any atom is 0.229 e. The largest absolute Gasteiger partial charge is 0.393 e. The fourth-order valence-corrected chi connectivity index (χ4v) is 2.17. The molecule has 5 nitrogen and oxygen atoms in total. The minimum absolute atomic E-state index is 0.0278. The number of carbonyl (C=O) groups is 3. The van der Waals surface area contributed by atoms with Gasteiger partial charge in [0.15, 0.2) is 5.78 Å². The van der Waals surface area contributed by atoms with E-state index in [2.05, 4.69) is 5.32 Å². The van der Waals surface area contributed by atoms with Gasteiger partial charge >= 0.3 is 0 Å². The molecule has 1 fully saturated rings. The van der Waals surface area contributed by atoms with Crippen molar-refractivity contribution in [2.24, 2.45) is 5.92 Å². The minimum atomic E-state index is -0.836. The van der Waals surface area contributed by atoms with Crippen LogP contribution in [0.1, 0.15) is 46.0 Å². The number of imide groups is 1. The van der Waals surface area contributed by atoms with Crippen molar-refractivity contribution in [2.75, 3.05) is 0 Å². The van der Waals surface area contributed by atoms with Gasteiger partial charge in [-0.3, -0.25) is 19.7 Å². The fourth-order valence-electron chi connectivity index (χ4n) is 2.17. The van der Waals surface area contributed by atoms with E-state index in [9.17, 15) is 19.5 Å². The van der Waals surface area contributed by atoms with Crippen LogP contribution in [0.4, 0.5) is 0 Å². The average Bonchev–Trinajstić information content (AvgIpc) is 2.33. The molecule has 0 aromatic heterocycles. The Morgan fingerprint density at radius 2 is 2.21 bits per heavy atom. The van der Waals surface area contributed by atoms with Gasteiger partial charge < -0.3 is 5.11 Å². The molecule has 0 aromatic rings. The van der Waals surface area contributed by atoms with Crippen LogP contribution in [0.5, 0.6) is 0 Å². The number of allylic oxidation sites excluding steroid dienone is 2. The Balaban J connectivity index is 2.45. The first-order valence-electron chi connectivity index (χ1n) is 6.65. The summed E-state index contributed by atoms with van der Waals surface area (Å²) < 4.78 is 0. The molecule has 1 aliphatic rings. The van der Waals surface area contributed by atoms with Crippen molar-refractivity contribution in [3.05, 3.63) is 11.6 Å². The van der Waals surface area contributed by atoms with Crippen LogP contribution < -0.4 is 5.32 Å². The predicted octanol–water partition coefficient (Wildman–Crippen LogP) is 1.11. The molecule has 2 N–H and O–H groups in total. The van der Waals surface area contributed by atoms with Crippen LogP contribution in [0.15, 0.2) is 11.6 Å². The molecule has 1 rings (SSSR count). The molecule has 5 heteroatoms. The molecular weight excluding hydrogens is 246 g/mol. The average molecular weight is 267 g/mol. The van der Waals surface area contributed by atoms with Gasteiger partial charge in [0.1, 0.15) is 0 Å². The van der Waals surface area contributed by atoms with Crippen LogP contribution >= 0.6 is 0 Å². The van der Waals surface area contributed by atoms with Crippen LogP contribution in [0.25, 0.3) is 0 Å². The third kappa shape index (κ3) is 4.95. The Labute approximate surface area is 113 Å². The number of hydrogen-bond acceptors (Lipinski definition) is 4. The molecule has 0 bridgehead atoms.